The molecule has 0 saturated carbocycles. The second-order valence-electron chi connectivity index (χ2n) is 3.76. The Balaban J connectivity index is 0. The van der Waals surface area contributed by atoms with E-state index in [9.17, 15) is 9.59 Å². The van der Waals surface area contributed by atoms with E-state index in [-0.39, 0.29) is 35.8 Å². The van der Waals surface area contributed by atoms with Gasteiger partial charge >= 0.3 is 0 Å². The van der Waals surface area contributed by atoms with E-state index >= 15 is 0 Å². The molecule has 5 heteroatoms. The third-order valence-corrected chi connectivity index (χ3v) is 2.51. The van der Waals surface area contributed by atoms with Gasteiger partial charge in [-0.2, -0.15) is 0 Å². The average Bonchev–Trinajstić information content (AvgIpc) is 2.40. The van der Waals surface area contributed by atoms with Crippen LogP contribution in [0.25, 0.3) is 0 Å². The topological polar surface area (TPSA) is 34.1 Å². The highest BCUT2D eigenvalue weighted by Crippen LogP contribution is 2.08. The highest BCUT2D eigenvalue weighted by Gasteiger charge is 2.12. The van der Waals surface area contributed by atoms with E-state index in [1.165, 1.54) is 0 Å². The lowest BCUT2D eigenvalue weighted by Crippen LogP contribution is -2.08. The Kier molecular flexibility index (Phi) is 9.63. The summed E-state index contributed by atoms with van der Waals surface area (Å²) in [5.74, 6) is -0.279. The Morgan fingerprint density at radius 2 is 0.950 bits per heavy atom. The van der Waals surface area contributed by atoms with E-state index in [1.54, 1.807) is 48.5 Å². The summed E-state index contributed by atoms with van der Waals surface area (Å²) in [5, 5.41) is 0. The molecule has 0 aliphatic heterocycles. The van der Waals surface area contributed by atoms with Crippen LogP contribution >= 0.6 is 0 Å². The molecule has 2 nitrogen and oxygen atoms in total. The average molecular weight is 278 g/mol. The highest BCUT2D eigenvalue weighted by atomic mass is 19.0. The van der Waals surface area contributed by atoms with Gasteiger partial charge in [0.15, 0.2) is 11.6 Å². The molecular formula is C15H17BF2O2. The number of hydrogen-bond acceptors (Lipinski definition) is 2. The van der Waals surface area contributed by atoms with E-state index in [0.717, 1.165) is 0 Å². The molecule has 2 rings (SSSR count). The van der Waals surface area contributed by atoms with Crippen LogP contribution in [0.3, 0.4) is 0 Å². The van der Waals surface area contributed by atoms with Gasteiger partial charge in [0.05, 0.1) is 14.8 Å². The maximum absolute atomic E-state index is 11.8. The van der Waals surface area contributed by atoms with Crippen molar-refractivity contribution in [3.63, 3.8) is 0 Å². The van der Waals surface area contributed by atoms with Gasteiger partial charge in [0, 0.05) is 11.1 Å². The van der Waals surface area contributed by atoms with E-state index in [4.69, 9.17) is 0 Å². The van der Waals surface area contributed by atoms with Gasteiger partial charge in [-0.25, -0.2) is 0 Å². The number of halogens is 2. The summed E-state index contributed by atoms with van der Waals surface area (Å²) >= 11 is 0. The fourth-order valence-electron chi connectivity index (χ4n) is 1.60. The van der Waals surface area contributed by atoms with Crippen LogP contribution in [-0.2, 0) is 0 Å². The molecular weight excluding hydrogens is 261 g/mol. The number of hydrogen-bond donors (Lipinski definition) is 0. The van der Waals surface area contributed by atoms with Gasteiger partial charge in [0.25, 0.3) is 0 Å². The van der Waals surface area contributed by atoms with Crippen LogP contribution < -0.4 is 0 Å². The normalized spacial score (nSPS) is 8.40. The third-order valence-electron chi connectivity index (χ3n) is 2.51. The van der Waals surface area contributed by atoms with Crippen molar-refractivity contribution in [2.45, 2.75) is 6.42 Å². The van der Waals surface area contributed by atoms with Crippen LogP contribution in [0.1, 0.15) is 27.1 Å². The van der Waals surface area contributed by atoms with Crippen molar-refractivity contribution in [3.05, 3.63) is 71.8 Å². The molecule has 0 atom stereocenters. The summed E-state index contributed by atoms with van der Waals surface area (Å²) in [7, 11) is 0. The summed E-state index contributed by atoms with van der Waals surface area (Å²) in [5.41, 5.74) is 1.16. The Morgan fingerprint density at radius 3 is 1.25 bits per heavy atom. The standard InChI is InChI=1S/C15H12O2.BH3.2FH/c16-14(12-7-3-1-4-8-12)11-15(17)13-9-5-2-6-10-13;;;/h1-10H,11H2;1H3;2*1H. The summed E-state index contributed by atoms with van der Waals surface area (Å²) < 4.78 is 0. The predicted molar refractivity (Wildman–Crippen MR) is 81.1 cm³/mol. The number of carbonyl (C=O) groups excluding carboxylic acids is 2. The van der Waals surface area contributed by atoms with E-state index in [2.05, 4.69) is 0 Å². The molecule has 0 fully saturated rings. The highest BCUT2D eigenvalue weighted by molar-refractivity contribution is 6.13. The Bertz CT molecular complexity index is 481. The lowest BCUT2D eigenvalue weighted by molar-refractivity contribution is 0.0894. The van der Waals surface area contributed by atoms with Crippen LogP contribution in [0, 0.1) is 0 Å². The van der Waals surface area contributed by atoms with Crippen molar-refractivity contribution in [1.82, 2.24) is 0 Å². The first-order chi connectivity index (χ1) is 8.27. The Morgan fingerprint density at radius 1 is 0.650 bits per heavy atom. The van der Waals surface area contributed by atoms with E-state index in [1.807, 2.05) is 12.1 Å². The fraction of sp³-hybridized carbons (Fsp3) is 0.0667. The van der Waals surface area contributed by atoms with E-state index in [0.29, 0.717) is 11.1 Å². The van der Waals surface area contributed by atoms with Crippen LogP contribution in [-0.4, -0.2) is 20.0 Å². The molecule has 0 aliphatic carbocycles. The molecule has 0 aromatic heterocycles. The molecule has 0 N–H and O–H groups in total. The van der Waals surface area contributed by atoms with Crippen LogP contribution in [0.5, 0.6) is 0 Å². The molecule has 0 spiro atoms. The molecule has 20 heavy (non-hydrogen) atoms. The number of carbonyl (C=O) groups is 2. The van der Waals surface area contributed by atoms with Crippen molar-refractivity contribution in [2.75, 3.05) is 0 Å². The maximum Gasteiger partial charge on any atom is 0.170 e. The second-order valence-corrected chi connectivity index (χ2v) is 3.76. The first-order valence-corrected chi connectivity index (χ1v) is 5.44. The van der Waals surface area contributed by atoms with Crippen LogP contribution in [0.15, 0.2) is 60.7 Å². The zero-order chi connectivity index (χ0) is 12.1. The first kappa shape index (κ1) is 20.0. The van der Waals surface area contributed by atoms with Gasteiger partial charge in [-0.1, -0.05) is 60.7 Å². The summed E-state index contributed by atoms with van der Waals surface area (Å²) in [6, 6.07) is 17.7. The van der Waals surface area contributed by atoms with Crippen LogP contribution in [0.2, 0.25) is 0 Å². The molecule has 0 unspecified atom stereocenters. The third kappa shape index (κ3) is 5.14. The van der Waals surface area contributed by atoms with Crippen molar-refractivity contribution >= 4 is 20.0 Å². The lowest BCUT2D eigenvalue weighted by Gasteiger charge is -2.00. The summed E-state index contributed by atoms with van der Waals surface area (Å²) in [6.07, 6.45) is -0.0754. The largest absolute Gasteiger partial charge is 0.294 e. The number of benzene rings is 2. The monoisotopic (exact) mass is 278 g/mol. The first-order valence-electron chi connectivity index (χ1n) is 5.44. The van der Waals surface area contributed by atoms with E-state index < -0.39 is 0 Å². The fourth-order valence-corrected chi connectivity index (χ4v) is 1.60. The maximum atomic E-state index is 11.8. The second kappa shape index (κ2) is 9.61. The number of ketones is 2. The van der Waals surface area contributed by atoms with Gasteiger partial charge in [0.2, 0.25) is 0 Å². The van der Waals surface area contributed by atoms with Gasteiger partial charge < -0.3 is 0 Å². The van der Waals surface area contributed by atoms with Gasteiger partial charge in [0.1, 0.15) is 0 Å². The molecule has 0 saturated heterocycles. The minimum atomic E-state index is -0.139. The predicted octanol–water partition coefficient (Wildman–Crippen LogP) is 2.26. The van der Waals surface area contributed by atoms with Crippen molar-refractivity contribution in [2.24, 2.45) is 0 Å². The molecule has 0 aliphatic rings. The molecule has 0 heterocycles. The van der Waals surface area contributed by atoms with Gasteiger partial charge in [-0.15, -0.1) is 0 Å². The molecule has 0 amide bonds. The SMILES string of the molecule is B.F.F.O=C(CC(=O)c1ccccc1)c1ccccc1. The minimum Gasteiger partial charge on any atom is -0.294 e. The smallest absolute Gasteiger partial charge is 0.170 e. The molecule has 0 radical (unpaired) electrons. The van der Waals surface area contributed by atoms with Crippen molar-refractivity contribution in [3.8, 4) is 0 Å². The quantitative estimate of drug-likeness (QED) is 0.488. The van der Waals surface area contributed by atoms with Crippen molar-refractivity contribution in [1.29, 1.82) is 0 Å². The molecule has 106 valence electrons. The molecule has 2 aromatic rings. The van der Waals surface area contributed by atoms with Gasteiger partial charge in [-0.05, 0) is 0 Å². The zero-order valence-corrected chi connectivity index (χ0v) is 10.1. The van der Waals surface area contributed by atoms with Gasteiger partial charge in [-0.3, -0.25) is 19.0 Å². The number of rotatable bonds is 4. The molecule has 0 bridgehead atoms. The van der Waals surface area contributed by atoms with Crippen molar-refractivity contribution < 1.29 is 19.0 Å². The molecule has 2 aromatic carbocycles. The summed E-state index contributed by atoms with van der Waals surface area (Å²) in [6.45, 7) is 0. The summed E-state index contributed by atoms with van der Waals surface area (Å²) in [4.78, 5) is 23.6. The zero-order valence-electron chi connectivity index (χ0n) is 10.1. The van der Waals surface area contributed by atoms with Crippen LogP contribution in [0.4, 0.5) is 9.41 Å². The minimum absolute atomic E-state index is 0. The lowest BCUT2D eigenvalue weighted by atomic mass is 10.0. The number of Topliss-reactive ketones (excluding diaryl/α,β-unsaturated/α-hetero) is 2. The Hall–Kier alpha value is -2.30. The Labute approximate surface area is 118 Å².